The maximum absolute atomic E-state index is 4.83. The summed E-state index contributed by atoms with van der Waals surface area (Å²) in [4.78, 5) is 4.83. The molecule has 27 heavy (non-hydrogen) atoms. The van der Waals surface area contributed by atoms with E-state index in [9.17, 15) is 0 Å². The van der Waals surface area contributed by atoms with Crippen LogP contribution in [0.5, 0.6) is 0 Å². The van der Waals surface area contributed by atoms with Crippen molar-refractivity contribution in [2.45, 2.75) is 73.1 Å². The van der Waals surface area contributed by atoms with E-state index in [0.29, 0.717) is 0 Å². The molecule has 0 radical (unpaired) electrons. The Morgan fingerprint density at radius 2 is 1.63 bits per heavy atom. The van der Waals surface area contributed by atoms with Crippen LogP contribution < -0.4 is 0 Å². The molecule has 3 rings (SSSR count). The predicted octanol–water partition coefficient (Wildman–Crippen LogP) is 8.01. The number of rotatable bonds is 5. The molecule has 3 aromatic rings. The van der Waals surface area contributed by atoms with Crippen molar-refractivity contribution >= 4 is 10.8 Å². The van der Waals surface area contributed by atoms with Gasteiger partial charge in [-0.2, -0.15) is 0 Å². The average molecular weight is 362 g/mol. The minimum atomic E-state index is 0.175. The summed E-state index contributed by atoms with van der Waals surface area (Å²) in [7, 11) is 0. The minimum absolute atomic E-state index is 0.175. The lowest BCUT2D eigenvalue weighted by Crippen LogP contribution is -2.22. The van der Waals surface area contributed by atoms with Gasteiger partial charge in [0.1, 0.15) is 0 Å². The Balaban J connectivity index is 0.00000126. The molecule has 1 unspecified atom stereocenters. The van der Waals surface area contributed by atoms with Crippen LogP contribution in [0.3, 0.4) is 0 Å². The zero-order chi connectivity index (χ0) is 20.0. The van der Waals surface area contributed by atoms with Gasteiger partial charge >= 0.3 is 0 Å². The third-order valence-corrected chi connectivity index (χ3v) is 5.79. The topological polar surface area (TPSA) is 12.9 Å². The van der Waals surface area contributed by atoms with Gasteiger partial charge in [-0.15, -0.1) is 0 Å². The Labute approximate surface area is 165 Å². The number of hydrogen-bond acceptors (Lipinski definition) is 1. The molecule has 0 amide bonds. The van der Waals surface area contributed by atoms with Gasteiger partial charge in [0.05, 0.1) is 5.69 Å². The maximum atomic E-state index is 4.83. The highest BCUT2D eigenvalue weighted by Crippen LogP contribution is 2.42. The molecule has 1 aromatic heterocycles. The number of fused-ring (bicyclic) bond motifs is 1. The third kappa shape index (κ3) is 4.24. The number of benzene rings is 2. The molecule has 0 bridgehead atoms. The second-order valence-electron chi connectivity index (χ2n) is 7.53. The van der Waals surface area contributed by atoms with Gasteiger partial charge in [-0.05, 0) is 65.6 Å². The van der Waals surface area contributed by atoms with E-state index in [4.69, 9.17) is 4.98 Å². The Kier molecular flexibility index (Phi) is 7.18. The van der Waals surface area contributed by atoms with Crippen LogP contribution in [0.1, 0.15) is 70.6 Å². The minimum Gasteiger partial charge on any atom is -0.256 e. The highest BCUT2D eigenvalue weighted by molar-refractivity contribution is 5.98. The van der Waals surface area contributed by atoms with Gasteiger partial charge in [-0.25, -0.2) is 0 Å². The van der Waals surface area contributed by atoms with E-state index in [-0.39, 0.29) is 5.41 Å². The van der Waals surface area contributed by atoms with Crippen LogP contribution in [0.15, 0.2) is 48.7 Å². The monoisotopic (exact) mass is 361 g/mol. The molecular weight excluding hydrogens is 326 g/mol. The number of hydrogen-bond donors (Lipinski definition) is 0. The summed E-state index contributed by atoms with van der Waals surface area (Å²) >= 11 is 0. The van der Waals surface area contributed by atoms with E-state index in [1.54, 1.807) is 0 Å². The second kappa shape index (κ2) is 9.17. The van der Waals surface area contributed by atoms with Crippen LogP contribution in [-0.4, -0.2) is 4.98 Å². The van der Waals surface area contributed by atoms with Crippen LogP contribution in [0.2, 0.25) is 0 Å². The van der Waals surface area contributed by atoms with Gasteiger partial charge in [-0.3, -0.25) is 4.98 Å². The number of aryl methyl sites for hydroxylation is 2. The van der Waals surface area contributed by atoms with Crippen molar-refractivity contribution < 1.29 is 0 Å². The second-order valence-corrected chi connectivity index (χ2v) is 7.53. The third-order valence-electron chi connectivity index (χ3n) is 5.79. The zero-order valence-electron chi connectivity index (χ0n) is 18.2. The summed E-state index contributed by atoms with van der Waals surface area (Å²) < 4.78 is 0. The van der Waals surface area contributed by atoms with E-state index in [1.807, 2.05) is 20.0 Å². The van der Waals surface area contributed by atoms with Gasteiger partial charge in [0.15, 0.2) is 0 Å². The summed E-state index contributed by atoms with van der Waals surface area (Å²) in [6.07, 6.45) is 5.53. The van der Waals surface area contributed by atoms with Gasteiger partial charge in [0.2, 0.25) is 0 Å². The SMILES string of the molecule is CC.CCCC(C)(CC)c1ccc2ccccc2c1-c1cc(C)c(C)cn1. The molecular formula is C26H35N. The molecule has 0 fully saturated rings. The van der Waals surface area contributed by atoms with E-state index < -0.39 is 0 Å². The molecule has 0 aliphatic heterocycles. The normalized spacial score (nSPS) is 13.0. The van der Waals surface area contributed by atoms with Crippen molar-refractivity contribution in [3.05, 3.63) is 65.4 Å². The summed E-state index contributed by atoms with van der Waals surface area (Å²) in [6.45, 7) is 15.3. The number of nitrogens with zero attached hydrogens (tertiary/aromatic N) is 1. The Hall–Kier alpha value is -2.15. The highest BCUT2D eigenvalue weighted by atomic mass is 14.7. The van der Waals surface area contributed by atoms with Crippen molar-refractivity contribution in [2.75, 3.05) is 0 Å². The first-order valence-electron chi connectivity index (χ1n) is 10.5. The van der Waals surface area contributed by atoms with E-state index in [2.05, 4.69) is 77.1 Å². The fraction of sp³-hybridized carbons (Fsp3) is 0.423. The van der Waals surface area contributed by atoms with Crippen LogP contribution >= 0.6 is 0 Å². The lowest BCUT2D eigenvalue weighted by molar-refractivity contribution is 0.415. The molecule has 0 aliphatic carbocycles. The average Bonchev–Trinajstić information content (AvgIpc) is 2.71. The largest absolute Gasteiger partial charge is 0.256 e. The summed E-state index contributed by atoms with van der Waals surface area (Å²) in [5.41, 5.74) is 6.58. The van der Waals surface area contributed by atoms with E-state index in [0.717, 1.165) is 12.1 Å². The Morgan fingerprint density at radius 1 is 0.926 bits per heavy atom. The maximum Gasteiger partial charge on any atom is 0.0714 e. The number of aromatic nitrogens is 1. The molecule has 1 heterocycles. The smallest absolute Gasteiger partial charge is 0.0714 e. The zero-order valence-corrected chi connectivity index (χ0v) is 18.2. The van der Waals surface area contributed by atoms with Gasteiger partial charge in [0, 0.05) is 11.8 Å². The molecule has 0 saturated heterocycles. The first-order chi connectivity index (χ1) is 13.0. The van der Waals surface area contributed by atoms with Gasteiger partial charge < -0.3 is 0 Å². The molecule has 0 N–H and O–H groups in total. The van der Waals surface area contributed by atoms with Crippen molar-refractivity contribution in [3.8, 4) is 11.3 Å². The lowest BCUT2D eigenvalue weighted by Gasteiger charge is -2.31. The summed E-state index contributed by atoms with van der Waals surface area (Å²) in [5.74, 6) is 0. The van der Waals surface area contributed by atoms with Crippen LogP contribution in [0, 0.1) is 13.8 Å². The fourth-order valence-corrected chi connectivity index (χ4v) is 3.87. The quantitative estimate of drug-likeness (QED) is 0.448. The Bertz CT molecular complexity index is 894. The van der Waals surface area contributed by atoms with Gasteiger partial charge in [-0.1, -0.05) is 77.4 Å². The van der Waals surface area contributed by atoms with Gasteiger partial charge in [0.25, 0.3) is 0 Å². The molecule has 0 aliphatic rings. The molecule has 144 valence electrons. The summed E-state index contributed by atoms with van der Waals surface area (Å²) in [6, 6.07) is 15.6. The highest BCUT2D eigenvalue weighted by Gasteiger charge is 2.28. The lowest BCUT2D eigenvalue weighted by atomic mass is 9.73. The van der Waals surface area contributed by atoms with E-state index in [1.165, 1.54) is 45.9 Å². The molecule has 1 nitrogen and oxygen atoms in total. The molecule has 2 aromatic carbocycles. The molecule has 0 spiro atoms. The Morgan fingerprint density at radius 3 is 2.26 bits per heavy atom. The van der Waals surface area contributed by atoms with Crippen LogP contribution in [0.25, 0.3) is 22.0 Å². The van der Waals surface area contributed by atoms with Crippen molar-refractivity contribution in [3.63, 3.8) is 0 Å². The van der Waals surface area contributed by atoms with Crippen LogP contribution in [-0.2, 0) is 5.41 Å². The van der Waals surface area contributed by atoms with Crippen molar-refractivity contribution in [1.82, 2.24) is 4.98 Å². The predicted molar refractivity (Wildman–Crippen MR) is 121 cm³/mol. The van der Waals surface area contributed by atoms with Crippen LogP contribution in [0.4, 0.5) is 0 Å². The molecule has 1 atom stereocenters. The van der Waals surface area contributed by atoms with Crippen molar-refractivity contribution in [1.29, 1.82) is 0 Å². The first kappa shape index (κ1) is 21.2. The van der Waals surface area contributed by atoms with E-state index >= 15 is 0 Å². The fourth-order valence-electron chi connectivity index (χ4n) is 3.87. The molecule has 1 heteroatoms. The van der Waals surface area contributed by atoms with Crippen molar-refractivity contribution in [2.24, 2.45) is 0 Å². The number of pyridine rings is 1. The summed E-state index contributed by atoms with van der Waals surface area (Å²) in [5, 5.41) is 2.60. The first-order valence-corrected chi connectivity index (χ1v) is 10.5. The molecule has 0 saturated carbocycles. The standard InChI is InChI=1S/C24H29N.C2H6/c1-6-14-24(5,7-2)21-13-12-19-10-8-9-11-20(19)23(21)22-15-17(3)18(4)16-25-22;1-2/h8-13,15-16H,6-7,14H2,1-5H3;1-2H3.